The number of ether oxygens (including phenoxy) is 2. The zero-order valence-corrected chi connectivity index (χ0v) is 35.8. The normalized spacial score (nSPS) is 12.3. The number of halogens is 1. The largest absolute Gasteiger partial charge is 0.506 e. The molecule has 1 aromatic heterocycles. The summed E-state index contributed by atoms with van der Waals surface area (Å²) in [7, 11) is 0.979. The molecule has 5 N–H and O–H groups in total. The summed E-state index contributed by atoms with van der Waals surface area (Å²) in [6.45, 7) is 11.9. The van der Waals surface area contributed by atoms with Crippen molar-refractivity contribution in [2.24, 2.45) is 0 Å². The van der Waals surface area contributed by atoms with Crippen LogP contribution in [0.1, 0.15) is 50.0 Å². The zero-order chi connectivity index (χ0) is 42.2. The van der Waals surface area contributed by atoms with Crippen LogP contribution in [-0.2, 0) is 22.2 Å². The molecule has 5 rings (SSSR count). The van der Waals surface area contributed by atoms with Crippen LogP contribution in [0, 0.1) is 0 Å². The van der Waals surface area contributed by atoms with E-state index in [1.807, 2.05) is 54.6 Å². The van der Waals surface area contributed by atoms with Gasteiger partial charge in [0.15, 0.2) is 14.9 Å². The fraction of sp³-hybridized carbons (Fsp3) is 0.341. The van der Waals surface area contributed by atoms with E-state index in [-0.39, 0.29) is 28.9 Å². The molecule has 308 valence electrons. The molecule has 0 spiro atoms. The number of amides is 2. The molecule has 0 aliphatic carbocycles. The number of hydrogen-bond acceptors (Lipinski definition) is 8. The number of hydrogen-bond donors (Lipinski definition) is 5. The highest BCUT2D eigenvalue weighted by Gasteiger charge is 2.39. The van der Waals surface area contributed by atoms with Gasteiger partial charge in [-0.25, -0.2) is 4.79 Å². The number of anilines is 1. The maximum atomic E-state index is 13.1. The second-order valence-electron chi connectivity index (χ2n) is 15.8. The van der Waals surface area contributed by atoms with Crippen molar-refractivity contribution in [2.45, 2.75) is 64.4 Å². The Morgan fingerprint density at radius 3 is 2.41 bits per heavy atom. The Morgan fingerprint density at radius 1 is 0.983 bits per heavy atom. The maximum absolute atomic E-state index is 13.1. The predicted octanol–water partition coefficient (Wildman–Crippen LogP) is 8.98. The standard InChI is InChI=1S/C44H53ClN4O8Si/c1-44(2,3)58(6,7)57-39(32-17-19-36(50)42-33(32)18-20-40(51)48-42)26-46-25-30-23-34(45)38(24-37(30)55-5)56-27-41(52)49(4)21-11-12-28-15-16-31(29-13-9-8-10-14-29)35(22-28)47-43(53)54/h8-10,13-20,22-24,39,46-47,50H,11-12,21,25-27H2,1-7H3,(H,48,51)(H,53,54)/t39-/m0/s1. The van der Waals surface area contributed by atoms with E-state index in [0.717, 1.165) is 27.8 Å². The van der Waals surface area contributed by atoms with E-state index in [2.05, 4.69) is 49.5 Å². The van der Waals surface area contributed by atoms with Crippen LogP contribution in [0.4, 0.5) is 10.5 Å². The molecule has 0 aliphatic heterocycles. The third-order valence-electron chi connectivity index (χ3n) is 10.6. The molecule has 4 aromatic carbocycles. The number of aromatic nitrogens is 1. The molecule has 2 amide bonds. The minimum Gasteiger partial charge on any atom is -0.506 e. The van der Waals surface area contributed by atoms with Crippen LogP contribution in [-0.4, -0.2) is 74.3 Å². The summed E-state index contributed by atoms with van der Waals surface area (Å²) in [6, 6.07) is 25.3. The van der Waals surface area contributed by atoms with Crippen molar-refractivity contribution in [3.63, 3.8) is 0 Å². The van der Waals surface area contributed by atoms with Gasteiger partial charge in [0.2, 0.25) is 5.56 Å². The van der Waals surface area contributed by atoms with Gasteiger partial charge in [0.05, 0.1) is 29.4 Å². The molecule has 58 heavy (non-hydrogen) atoms. The summed E-state index contributed by atoms with van der Waals surface area (Å²) >= 11 is 6.69. The van der Waals surface area contributed by atoms with E-state index < -0.39 is 20.5 Å². The number of H-pyrrole nitrogens is 1. The number of aromatic amines is 1. The van der Waals surface area contributed by atoms with Crippen LogP contribution < -0.4 is 25.7 Å². The number of nitrogens with one attached hydrogen (secondary N) is 3. The summed E-state index contributed by atoms with van der Waals surface area (Å²) in [5, 5.41) is 26.9. The van der Waals surface area contributed by atoms with E-state index in [1.54, 1.807) is 43.3 Å². The maximum Gasteiger partial charge on any atom is 0.409 e. The topological polar surface area (TPSA) is 162 Å². The van der Waals surface area contributed by atoms with Gasteiger partial charge in [-0.05, 0) is 71.9 Å². The quantitative estimate of drug-likeness (QED) is 0.0576. The lowest BCUT2D eigenvalue weighted by Gasteiger charge is -2.39. The number of aromatic hydroxyl groups is 1. The number of fused-ring (bicyclic) bond motifs is 1. The zero-order valence-electron chi connectivity index (χ0n) is 34.1. The van der Waals surface area contributed by atoms with E-state index in [4.69, 9.17) is 25.5 Å². The number of phenolic OH excluding ortho intramolecular Hbond substituents is 1. The van der Waals surface area contributed by atoms with Gasteiger partial charge < -0.3 is 39.3 Å². The van der Waals surface area contributed by atoms with Crippen molar-refractivity contribution in [3.05, 3.63) is 117 Å². The highest BCUT2D eigenvalue weighted by atomic mass is 35.5. The minimum atomic E-state index is -2.28. The molecule has 1 atom stereocenters. The van der Waals surface area contributed by atoms with Gasteiger partial charge in [-0.15, -0.1) is 0 Å². The van der Waals surface area contributed by atoms with E-state index in [1.165, 1.54) is 6.07 Å². The number of phenols is 1. The number of carbonyl (C=O) groups excluding carboxylic acids is 1. The number of carbonyl (C=O) groups is 2. The minimum absolute atomic E-state index is 0.0149. The monoisotopic (exact) mass is 828 g/mol. The second-order valence-corrected chi connectivity index (χ2v) is 20.9. The molecule has 1 heterocycles. The molecular formula is C44H53ClN4O8Si. The average Bonchev–Trinajstić information content (AvgIpc) is 3.17. The van der Waals surface area contributed by atoms with Crippen molar-refractivity contribution >= 4 is 48.5 Å². The molecule has 0 radical (unpaired) electrons. The van der Waals surface area contributed by atoms with Crippen LogP contribution in [0.15, 0.2) is 89.7 Å². The first-order valence-electron chi connectivity index (χ1n) is 19.1. The van der Waals surface area contributed by atoms with Gasteiger partial charge in [0, 0.05) is 55.3 Å². The fourth-order valence-corrected chi connectivity index (χ4v) is 7.89. The van der Waals surface area contributed by atoms with Crippen LogP contribution in [0.3, 0.4) is 0 Å². The number of likely N-dealkylation sites (N-methyl/N-ethyl adjacent to an activating group) is 1. The lowest BCUT2D eigenvalue weighted by atomic mass is 9.99. The first-order chi connectivity index (χ1) is 27.5. The molecule has 0 fully saturated rings. The number of aryl methyl sites for hydroxylation is 1. The molecule has 0 bridgehead atoms. The first-order valence-corrected chi connectivity index (χ1v) is 22.4. The highest BCUT2D eigenvalue weighted by molar-refractivity contribution is 6.74. The summed E-state index contributed by atoms with van der Waals surface area (Å²) in [6.07, 6.45) is -0.259. The highest BCUT2D eigenvalue weighted by Crippen LogP contribution is 2.41. The summed E-state index contributed by atoms with van der Waals surface area (Å²) in [5.74, 6) is 0.591. The molecule has 5 aromatic rings. The van der Waals surface area contributed by atoms with E-state index in [0.29, 0.717) is 65.6 Å². The summed E-state index contributed by atoms with van der Waals surface area (Å²) in [5.41, 5.74) is 4.80. The van der Waals surface area contributed by atoms with Crippen LogP contribution >= 0.6 is 11.6 Å². The number of pyridine rings is 1. The van der Waals surface area contributed by atoms with E-state index in [9.17, 15) is 24.6 Å². The summed E-state index contributed by atoms with van der Waals surface area (Å²) in [4.78, 5) is 41.0. The second kappa shape index (κ2) is 18.9. The van der Waals surface area contributed by atoms with E-state index >= 15 is 0 Å². The smallest absolute Gasteiger partial charge is 0.409 e. The Labute approximate surface area is 345 Å². The summed E-state index contributed by atoms with van der Waals surface area (Å²) < 4.78 is 18.5. The van der Waals surface area contributed by atoms with Crippen molar-refractivity contribution in [1.82, 2.24) is 15.2 Å². The Hall–Kier alpha value is -5.34. The Balaban J connectivity index is 1.20. The third kappa shape index (κ3) is 11.0. The fourth-order valence-electron chi connectivity index (χ4n) is 6.37. The molecule has 0 saturated carbocycles. The van der Waals surface area contributed by atoms with Crippen molar-refractivity contribution in [1.29, 1.82) is 0 Å². The number of benzene rings is 4. The lowest BCUT2D eigenvalue weighted by molar-refractivity contribution is -0.132. The molecule has 12 nitrogen and oxygen atoms in total. The van der Waals surface area contributed by atoms with Gasteiger partial charge in [-0.2, -0.15) is 0 Å². The average molecular weight is 829 g/mol. The number of carboxylic acid groups (broad SMARTS) is 1. The van der Waals surface area contributed by atoms with Crippen LogP contribution in [0.5, 0.6) is 17.2 Å². The predicted molar refractivity (Wildman–Crippen MR) is 232 cm³/mol. The third-order valence-corrected chi connectivity index (χ3v) is 15.4. The number of nitrogens with zero attached hydrogens (tertiary/aromatic N) is 1. The van der Waals surface area contributed by atoms with Crippen molar-refractivity contribution < 1.29 is 33.7 Å². The van der Waals surface area contributed by atoms with Gasteiger partial charge >= 0.3 is 6.09 Å². The number of methoxy groups -OCH3 is 1. The van der Waals surface area contributed by atoms with Gasteiger partial charge in [0.25, 0.3) is 5.91 Å². The van der Waals surface area contributed by atoms with Crippen LogP contribution in [0.2, 0.25) is 23.2 Å². The molecule has 0 saturated heterocycles. The van der Waals surface area contributed by atoms with Crippen LogP contribution in [0.25, 0.3) is 22.0 Å². The van der Waals surface area contributed by atoms with Crippen molar-refractivity contribution in [3.8, 4) is 28.4 Å². The Morgan fingerprint density at radius 2 is 1.72 bits per heavy atom. The molecular weight excluding hydrogens is 776 g/mol. The molecule has 0 unspecified atom stereocenters. The first kappa shape index (κ1) is 43.8. The van der Waals surface area contributed by atoms with Gasteiger partial charge in [-0.1, -0.05) is 80.9 Å². The molecule has 14 heteroatoms. The molecule has 0 aliphatic rings. The van der Waals surface area contributed by atoms with Gasteiger partial charge in [-0.3, -0.25) is 14.9 Å². The van der Waals surface area contributed by atoms with Gasteiger partial charge in [0.1, 0.15) is 17.2 Å². The SMILES string of the molecule is COc1cc(OCC(=O)N(C)CCCc2ccc(-c3ccccc3)c(NC(=O)O)c2)c(Cl)cc1CNC[C@H](O[Si](C)(C)C(C)(C)C)c1ccc(O)c2[nH]c(=O)ccc12. The van der Waals surface area contributed by atoms with Crippen molar-refractivity contribution in [2.75, 3.05) is 39.2 Å². The number of rotatable bonds is 17. The lowest BCUT2D eigenvalue weighted by Crippen LogP contribution is -2.43. The Kier molecular flexibility index (Phi) is 14.3. The Bertz CT molecular complexity index is 2290.